The second-order valence-electron chi connectivity index (χ2n) is 6.75. The van der Waals surface area contributed by atoms with E-state index >= 15 is 0 Å². The van der Waals surface area contributed by atoms with E-state index in [1.807, 2.05) is 30.3 Å². The Morgan fingerprint density at radius 3 is 2.60 bits per heavy atom. The molecule has 9 heteroatoms. The minimum absolute atomic E-state index is 0.00268. The van der Waals surface area contributed by atoms with Crippen LogP contribution in [0.5, 0.6) is 11.5 Å². The first-order valence-corrected chi connectivity index (χ1v) is 9.52. The molecule has 0 saturated carbocycles. The smallest absolute Gasteiger partial charge is 0.269 e. The fourth-order valence-electron chi connectivity index (χ4n) is 3.12. The average Bonchev–Trinajstić information content (AvgIpc) is 3.45. The Balaban J connectivity index is 1.22. The number of amides is 3. The minimum Gasteiger partial charge on any atom is -0.454 e. The van der Waals surface area contributed by atoms with E-state index in [-0.39, 0.29) is 25.5 Å². The third-order valence-electron chi connectivity index (χ3n) is 4.71. The van der Waals surface area contributed by atoms with E-state index in [1.54, 1.807) is 12.1 Å². The first kappa shape index (κ1) is 19.4. The van der Waals surface area contributed by atoms with Crippen LogP contribution in [-0.2, 0) is 9.59 Å². The summed E-state index contributed by atoms with van der Waals surface area (Å²) in [6.07, 6.45) is 0.609. The molecular weight excluding hydrogens is 388 g/mol. The van der Waals surface area contributed by atoms with Gasteiger partial charge in [-0.1, -0.05) is 30.3 Å². The summed E-state index contributed by atoms with van der Waals surface area (Å²) < 4.78 is 10.4. The summed E-state index contributed by atoms with van der Waals surface area (Å²) in [6.45, 7) is 0.602. The van der Waals surface area contributed by atoms with Crippen molar-refractivity contribution in [3.05, 3.63) is 59.7 Å². The van der Waals surface area contributed by atoms with Gasteiger partial charge in [0.2, 0.25) is 18.6 Å². The molecule has 2 aromatic rings. The quantitative estimate of drug-likeness (QED) is 0.731. The van der Waals surface area contributed by atoms with Gasteiger partial charge >= 0.3 is 0 Å². The largest absolute Gasteiger partial charge is 0.454 e. The molecule has 0 bridgehead atoms. The molecule has 4 rings (SSSR count). The third kappa shape index (κ3) is 4.40. The molecule has 0 saturated heterocycles. The molecule has 2 aromatic carbocycles. The summed E-state index contributed by atoms with van der Waals surface area (Å²) in [5.41, 5.74) is 6.79. The summed E-state index contributed by atoms with van der Waals surface area (Å²) in [6, 6.07) is 14.4. The van der Waals surface area contributed by atoms with Crippen LogP contribution in [0.3, 0.4) is 0 Å². The monoisotopic (exact) mass is 408 g/mol. The Labute approximate surface area is 172 Å². The van der Waals surface area contributed by atoms with E-state index < -0.39 is 11.8 Å². The van der Waals surface area contributed by atoms with Crippen LogP contribution in [-0.4, -0.2) is 41.8 Å². The molecule has 2 heterocycles. The molecule has 0 fully saturated rings. The molecule has 2 N–H and O–H groups in total. The first-order chi connectivity index (χ1) is 14.6. The molecule has 2 aliphatic heterocycles. The first-order valence-electron chi connectivity index (χ1n) is 9.52. The number of rotatable bonds is 5. The van der Waals surface area contributed by atoms with Gasteiger partial charge in [0.25, 0.3) is 5.91 Å². The maximum atomic E-state index is 12.3. The summed E-state index contributed by atoms with van der Waals surface area (Å²) in [5.74, 6) is -0.165. The zero-order valence-corrected chi connectivity index (χ0v) is 16.1. The van der Waals surface area contributed by atoms with Crippen molar-refractivity contribution in [1.29, 1.82) is 0 Å². The lowest BCUT2D eigenvalue weighted by atomic mass is 10.1. The second kappa shape index (κ2) is 8.64. The van der Waals surface area contributed by atoms with Crippen molar-refractivity contribution in [3.63, 3.8) is 0 Å². The number of carbonyl (C=O) groups is 3. The lowest BCUT2D eigenvalue weighted by molar-refractivity contribution is -0.133. The second-order valence-corrected chi connectivity index (χ2v) is 6.75. The molecule has 3 amide bonds. The Kier molecular flexibility index (Phi) is 5.60. The van der Waals surface area contributed by atoms with Crippen LogP contribution >= 0.6 is 0 Å². The van der Waals surface area contributed by atoms with Gasteiger partial charge in [0, 0.05) is 24.8 Å². The molecule has 0 unspecified atom stereocenters. The average molecular weight is 408 g/mol. The van der Waals surface area contributed by atoms with Crippen molar-refractivity contribution in [1.82, 2.24) is 15.9 Å². The van der Waals surface area contributed by atoms with Gasteiger partial charge in [-0.15, -0.1) is 0 Å². The number of carbonyl (C=O) groups excluding carboxylic acids is 3. The van der Waals surface area contributed by atoms with Gasteiger partial charge < -0.3 is 9.47 Å². The van der Waals surface area contributed by atoms with Gasteiger partial charge in [0.15, 0.2) is 11.5 Å². The molecule has 2 aliphatic rings. The molecule has 30 heavy (non-hydrogen) atoms. The van der Waals surface area contributed by atoms with Crippen molar-refractivity contribution in [2.45, 2.75) is 19.3 Å². The molecule has 9 nitrogen and oxygen atoms in total. The molecule has 0 atom stereocenters. The van der Waals surface area contributed by atoms with Crippen molar-refractivity contribution in [2.24, 2.45) is 5.10 Å². The topological polar surface area (TPSA) is 109 Å². The van der Waals surface area contributed by atoms with Crippen molar-refractivity contribution in [3.8, 4) is 11.5 Å². The summed E-state index contributed by atoms with van der Waals surface area (Å²) in [5, 5.41) is 5.75. The molecular formula is C21H20N4O5. The Hall–Kier alpha value is -3.88. The predicted molar refractivity (Wildman–Crippen MR) is 107 cm³/mol. The molecule has 0 spiro atoms. The Morgan fingerprint density at radius 1 is 0.967 bits per heavy atom. The van der Waals surface area contributed by atoms with E-state index in [1.165, 1.54) is 11.1 Å². The summed E-state index contributed by atoms with van der Waals surface area (Å²) in [7, 11) is 0. The van der Waals surface area contributed by atoms with Crippen LogP contribution in [0.1, 0.15) is 35.2 Å². The number of hydrazine groups is 1. The number of fused-ring (bicyclic) bond motifs is 1. The number of hydrogen-bond acceptors (Lipinski definition) is 6. The Morgan fingerprint density at radius 2 is 1.77 bits per heavy atom. The third-order valence-corrected chi connectivity index (χ3v) is 4.71. The number of hydrogen-bond donors (Lipinski definition) is 2. The van der Waals surface area contributed by atoms with Crippen LogP contribution in [0.25, 0.3) is 0 Å². The van der Waals surface area contributed by atoms with Crippen molar-refractivity contribution >= 4 is 23.4 Å². The SMILES string of the molecule is O=C(CCC(=O)N1CCC(c2ccccc2)=N1)NNC(=O)c1ccc2c(c1)OCO2. The number of hydrazone groups is 1. The fourth-order valence-corrected chi connectivity index (χ4v) is 3.12. The standard InChI is InChI=1S/C21H20N4O5/c26-19(22-23-21(28)15-6-7-17-18(12-15)30-13-29-17)8-9-20(27)25-11-10-16(24-25)14-4-2-1-3-5-14/h1-7,12H,8-11,13H2,(H,22,26)(H,23,28). The van der Waals surface area contributed by atoms with Crippen LogP contribution in [0.2, 0.25) is 0 Å². The van der Waals surface area contributed by atoms with Crippen molar-refractivity contribution in [2.75, 3.05) is 13.3 Å². The van der Waals surface area contributed by atoms with Gasteiger partial charge in [-0.05, 0) is 23.8 Å². The van der Waals surface area contributed by atoms with Gasteiger partial charge in [-0.3, -0.25) is 25.2 Å². The van der Waals surface area contributed by atoms with Gasteiger partial charge in [0.05, 0.1) is 12.3 Å². The van der Waals surface area contributed by atoms with Gasteiger partial charge in [0.1, 0.15) is 0 Å². The van der Waals surface area contributed by atoms with Gasteiger partial charge in [-0.25, -0.2) is 5.01 Å². The van der Waals surface area contributed by atoms with Crippen molar-refractivity contribution < 1.29 is 23.9 Å². The highest BCUT2D eigenvalue weighted by molar-refractivity contribution is 6.02. The highest BCUT2D eigenvalue weighted by Crippen LogP contribution is 2.32. The van der Waals surface area contributed by atoms with E-state index in [4.69, 9.17) is 9.47 Å². The van der Waals surface area contributed by atoms with Gasteiger partial charge in [-0.2, -0.15) is 5.10 Å². The Bertz CT molecular complexity index is 1010. The normalized spacial score (nSPS) is 14.3. The van der Waals surface area contributed by atoms with E-state index in [0.29, 0.717) is 30.0 Å². The molecule has 0 aromatic heterocycles. The minimum atomic E-state index is -0.496. The fraction of sp³-hybridized carbons (Fsp3) is 0.238. The number of nitrogens with zero attached hydrogens (tertiary/aromatic N) is 2. The highest BCUT2D eigenvalue weighted by Gasteiger charge is 2.22. The van der Waals surface area contributed by atoms with Crippen LogP contribution in [0.4, 0.5) is 0 Å². The van der Waals surface area contributed by atoms with E-state index in [0.717, 1.165) is 11.3 Å². The predicted octanol–water partition coefficient (Wildman–Crippen LogP) is 1.59. The lowest BCUT2D eigenvalue weighted by Crippen LogP contribution is -2.42. The van der Waals surface area contributed by atoms with E-state index in [2.05, 4.69) is 16.0 Å². The van der Waals surface area contributed by atoms with Crippen LogP contribution in [0, 0.1) is 0 Å². The molecule has 154 valence electrons. The number of ether oxygens (including phenoxy) is 2. The highest BCUT2D eigenvalue weighted by atomic mass is 16.7. The zero-order valence-electron chi connectivity index (χ0n) is 16.1. The van der Waals surface area contributed by atoms with Crippen LogP contribution < -0.4 is 20.3 Å². The van der Waals surface area contributed by atoms with Crippen LogP contribution in [0.15, 0.2) is 53.6 Å². The summed E-state index contributed by atoms with van der Waals surface area (Å²) >= 11 is 0. The molecule has 0 radical (unpaired) electrons. The maximum absolute atomic E-state index is 12.3. The number of nitrogens with one attached hydrogen (secondary N) is 2. The molecule has 0 aliphatic carbocycles. The van der Waals surface area contributed by atoms with E-state index in [9.17, 15) is 14.4 Å². The lowest BCUT2D eigenvalue weighted by Gasteiger charge is -2.11. The summed E-state index contributed by atoms with van der Waals surface area (Å²) in [4.78, 5) is 36.5. The zero-order chi connectivity index (χ0) is 20.9. The maximum Gasteiger partial charge on any atom is 0.269 e. The number of benzene rings is 2.